The summed E-state index contributed by atoms with van der Waals surface area (Å²) in [6.07, 6.45) is -1.29. The van der Waals surface area contributed by atoms with Crippen molar-refractivity contribution in [2.24, 2.45) is 0 Å². The molecular weight excluding hydrogens is 340 g/mol. The highest BCUT2D eigenvalue weighted by atomic mass is 16.5. The van der Waals surface area contributed by atoms with E-state index in [0.29, 0.717) is 37.7 Å². The molecule has 0 fully saturated rings. The molecule has 0 radical (unpaired) electrons. The molecule has 0 saturated carbocycles. The van der Waals surface area contributed by atoms with Gasteiger partial charge in [-0.2, -0.15) is 0 Å². The Kier molecular flexibility index (Phi) is 11.2. The summed E-state index contributed by atoms with van der Waals surface area (Å²) in [4.78, 5) is 3.66. The average molecular weight is 372 g/mol. The molecule has 0 bridgehead atoms. The summed E-state index contributed by atoms with van der Waals surface area (Å²) in [7, 11) is 3.64. The lowest BCUT2D eigenvalue weighted by molar-refractivity contribution is 0.0696. The first-order chi connectivity index (χ1) is 12.4. The number of benzene rings is 1. The molecule has 0 saturated heterocycles. The van der Waals surface area contributed by atoms with Gasteiger partial charge in [-0.25, -0.2) is 0 Å². The number of aliphatic hydroxyl groups excluding tert-OH is 4. The van der Waals surface area contributed by atoms with Crippen molar-refractivity contribution in [1.82, 2.24) is 9.80 Å². The van der Waals surface area contributed by atoms with Crippen LogP contribution in [0.25, 0.3) is 0 Å². The Morgan fingerprint density at radius 1 is 0.769 bits per heavy atom. The maximum Gasteiger partial charge on any atom is 0.119 e. The van der Waals surface area contributed by atoms with E-state index in [2.05, 4.69) is 0 Å². The van der Waals surface area contributed by atoms with Gasteiger partial charge in [0.05, 0.1) is 13.2 Å². The van der Waals surface area contributed by atoms with Gasteiger partial charge in [0.1, 0.15) is 36.9 Å². The van der Waals surface area contributed by atoms with E-state index in [9.17, 15) is 10.2 Å². The normalized spacial score (nSPS) is 13.8. The van der Waals surface area contributed by atoms with Crippen molar-refractivity contribution in [3.8, 4) is 11.5 Å². The highest BCUT2D eigenvalue weighted by Crippen LogP contribution is 2.18. The minimum atomic E-state index is -0.645. The molecule has 0 spiro atoms. The van der Waals surface area contributed by atoms with Crippen LogP contribution in [0.1, 0.15) is 0 Å². The third-order valence-electron chi connectivity index (χ3n) is 3.72. The van der Waals surface area contributed by atoms with Crippen LogP contribution in [-0.4, -0.2) is 109 Å². The maximum absolute atomic E-state index is 9.90. The number of aliphatic hydroxyl groups is 4. The molecule has 0 aliphatic carbocycles. The zero-order valence-corrected chi connectivity index (χ0v) is 15.6. The number of ether oxygens (including phenoxy) is 2. The van der Waals surface area contributed by atoms with Crippen molar-refractivity contribution in [2.45, 2.75) is 12.2 Å². The fourth-order valence-electron chi connectivity index (χ4n) is 2.37. The molecule has 1 rings (SSSR count). The van der Waals surface area contributed by atoms with Gasteiger partial charge in [-0.05, 0) is 38.4 Å². The van der Waals surface area contributed by atoms with Gasteiger partial charge in [-0.3, -0.25) is 0 Å². The summed E-state index contributed by atoms with van der Waals surface area (Å²) in [5.74, 6) is 1.23. The van der Waals surface area contributed by atoms with E-state index in [1.54, 1.807) is 24.3 Å². The molecule has 4 N–H and O–H groups in total. The van der Waals surface area contributed by atoms with Crippen LogP contribution in [0.15, 0.2) is 24.3 Å². The summed E-state index contributed by atoms with van der Waals surface area (Å²) in [5.41, 5.74) is 0. The van der Waals surface area contributed by atoms with Gasteiger partial charge in [0, 0.05) is 26.2 Å². The van der Waals surface area contributed by atoms with Crippen molar-refractivity contribution < 1.29 is 29.9 Å². The summed E-state index contributed by atoms with van der Waals surface area (Å²) >= 11 is 0. The predicted molar refractivity (Wildman–Crippen MR) is 98.6 cm³/mol. The molecule has 8 heteroatoms. The Morgan fingerprint density at radius 3 is 1.42 bits per heavy atom. The van der Waals surface area contributed by atoms with Crippen LogP contribution in [0.4, 0.5) is 0 Å². The van der Waals surface area contributed by atoms with Crippen LogP contribution < -0.4 is 9.47 Å². The fourth-order valence-corrected chi connectivity index (χ4v) is 2.37. The highest BCUT2D eigenvalue weighted by molar-refractivity contribution is 5.31. The standard InChI is InChI=1S/C18H32N2O6/c1-19(7-9-21)11-15(23)13-25-17-3-5-18(6-4-17)26-14-16(24)12-20(2)8-10-22/h3-6,15-16,21-24H,7-14H2,1-2H3/t15-,16-/m1/s1. The van der Waals surface area contributed by atoms with Crippen molar-refractivity contribution in [3.63, 3.8) is 0 Å². The van der Waals surface area contributed by atoms with Gasteiger partial charge in [0.15, 0.2) is 0 Å². The number of rotatable bonds is 14. The molecule has 0 heterocycles. The van der Waals surface area contributed by atoms with Gasteiger partial charge < -0.3 is 39.7 Å². The van der Waals surface area contributed by atoms with Gasteiger partial charge in [-0.15, -0.1) is 0 Å². The number of hydrogen-bond acceptors (Lipinski definition) is 8. The number of nitrogens with zero attached hydrogens (tertiary/aromatic N) is 2. The molecular formula is C18H32N2O6. The van der Waals surface area contributed by atoms with Crippen LogP contribution in [0, 0.1) is 0 Å². The Hall–Kier alpha value is -1.42. The lowest BCUT2D eigenvalue weighted by Gasteiger charge is -2.20. The molecule has 0 aromatic heterocycles. The molecule has 0 aliphatic rings. The topological polar surface area (TPSA) is 106 Å². The van der Waals surface area contributed by atoms with Crippen LogP contribution in [0.3, 0.4) is 0 Å². The molecule has 0 amide bonds. The molecule has 8 nitrogen and oxygen atoms in total. The minimum absolute atomic E-state index is 0.0535. The van der Waals surface area contributed by atoms with E-state index in [-0.39, 0.29) is 26.4 Å². The van der Waals surface area contributed by atoms with Gasteiger partial charge in [0.25, 0.3) is 0 Å². The Morgan fingerprint density at radius 2 is 1.12 bits per heavy atom. The zero-order valence-electron chi connectivity index (χ0n) is 15.6. The van der Waals surface area contributed by atoms with E-state index in [4.69, 9.17) is 19.7 Å². The van der Waals surface area contributed by atoms with Crippen molar-refractivity contribution in [1.29, 1.82) is 0 Å². The van der Waals surface area contributed by atoms with Crippen molar-refractivity contribution >= 4 is 0 Å². The molecule has 1 aromatic carbocycles. The number of likely N-dealkylation sites (N-methyl/N-ethyl adjacent to an activating group) is 2. The third-order valence-corrected chi connectivity index (χ3v) is 3.72. The highest BCUT2D eigenvalue weighted by Gasteiger charge is 2.10. The van der Waals surface area contributed by atoms with E-state index >= 15 is 0 Å². The Balaban J connectivity index is 2.30. The van der Waals surface area contributed by atoms with Crippen LogP contribution in [-0.2, 0) is 0 Å². The third kappa shape index (κ3) is 9.91. The maximum atomic E-state index is 9.90. The lowest BCUT2D eigenvalue weighted by Crippen LogP contribution is -2.34. The lowest BCUT2D eigenvalue weighted by atomic mass is 10.3. The van der Waals surface area contributed by atoms with Crippen molar-refractivity contribution in [3.05, 3.63) is 24.3 Å². The molecule has 0 aliphatic heterocycles. The largest absolute Gasteiger partial charge is 0.491 e. The quantitative estimate of drug-likeness (QED) is 0.330. The van der Waals surface area contributed by atoms with E-state index in [1.807, 2.05) is 23.9 Å². The molecule has 1 aromatic rings. The number of hydrogen-bond donors (Lipinski definition) is 4. The van der Waals surface area contributed by atoms with Crippen LogP contribution in [0.5, 0.6) is 11.5 Å². The summed E-state index contributed by atoms with van der Waals surface area (Å²) < 4.78 is 11.1. The van der Waals surface area contributed by atoms with E-state index in [0.717, 1.165) is 0 Å². The van der Waals surface area contributed by atoms with Gasteiger partial charge in [0.2, 0.25) is 0 Å². The molecule has 26 heavy (non-hydrogen) atoms. The molecule has 0 unspecified atom stereocenters. The van der Waals surface area contributed by atoms with Gasteiger partial charge >= 0.3 is 0 Å². The molecule has 2 atom stereocenters. The second-order valence-corrected chi connectivity index (χ2v) is 6.37. The fraction of sp³-hybridized carbons (Fsp3) is 0.667. The van der Waals surface area contributed by atoms with Gasteiger partial charge in [-0.1, -0.05) is 0 Å². The Bertz CT molecular complexity index is 430. The minimum Gasteiger partial charge on any atom is -0.491 e. The predicted octanol–water partition coefficient (Wildman–Crippen LogP) is -0.986. The summed E-state index contributed by atoms with van der Waals surface area (Å²) in [6.45, 7) is 2.28. The first kappa shape index (κ1) is 22.6. The zero-order chi connectivity index (χ0) is 19.4. The first-order valence-corrected chi connectivity index (χ1v) is 8.75. The summed E-state index contributed by atoms with van der Waals surface area (Å²) in [6, 6.07) is 6.96. The summed E-state index contributed by atoms with van der Waals surface area (Å²) in [5, 5.41) is 37.5. The smallest absolute Gasteiger partial charge is 0.119 e. The van der Waals surface area contributed by atoms with Crippen molar-refractivity contribution in [2.75, 3.05) is 66.7 Å². The van der Waals surface area contributed by atoms with E-state index < -0.39 is 12.2 Å². The average Bonchev–Trinajstić information content (AvgIpc) is 2.59. The van der Waals surface area contributed by atoms with Crippen LogP contribution >= 0.6 is 0 Å². The van der Waals surface area contributed by atoms with E-state index in [1.165, 1.54) is 0 Å². The Labute approximate surface area is 155 Å². The second-order valence-electron chi connectivity index (χ2n) is 6.37. The SMILES string of the molecule is CN(CCO)C[C@@H](O)COc1ccc(OC[C@H](O)CN(C)CCO)cc1. The monoisotopic (exact) mass is 372 g/mol. The second kappa shape index (κ2) is 12.9. The first-order valence-electron chi connectivity index (χ1n) is 8.75. The molecule has 150 valence electrons. The van der Waals surface area contributed by atoms with Crippen LogP contribution in [0.2, 0.25) is 0 Å².